The Hall–Kier alpha value is -1.68. The van der Waals surface area contributed by atoms with E-state index in [4.69, 9.17) is 0 Å². The molecule has 1 atom stereocenters. The molecule has 19 heavy (non-hydrogen) atoms. The first-order valence-electron chi connectivity index (χ1n) is 6.72. The molecule has 4 heteroatoms. The fourth-order valence-electron chi connectivity index (χ4n) is 2.77. The van der Waals surface area contributed by atoms with E-state index in [0.717, 1.165) is 37.1 Å². The molecular formula is C15H18FN3. The van der Waals surface area contributed by atoms with Crippen LogP contribution >= 0.6 is 0 Å². The summed E-state index contributed by atoms with van der Waals surface area (Å²) in [4.78, 5) is 0. The van der Waals surface area contributed by atoms with Crippen LogP contribution in [0, 0.1) is 5.82 Å². The SMILES string of the molecule is Cn1ccc(CCNC2CCc3cc(F)ccc32)n1. The van der Waals surface area contributed by atoms with Crippen LogP contribution in [0.2, 0.25) is 0 Å². The van der Waals surface area contributed by atoms with Gasteiger partial charge in [-0.1, -0.05) is 6.07 Å². The van der Waals surface area contributed by atoms with Crippen LogP contribution < -0.4 is 5.32 Å². The third-order valence-corrected chi connectivity index (χ3v) is 3.72. The molecule has 1 N–H and O–H groups in total. The number of halogens is 1. The third kappa shape index (κ3) is 2.68. The van der Waals surface area contributed by atoms with E-state index in [9.17, 15) is 4.39 Å². The van der Waals surface area contributed by atoms with E-state index in [0.29, 0.717) is 6.04 Å². The minimum Gasteiger partial charge on any atom is -0.310 e. The average Bonchev–Trinajstić information content (AvgIpc) is 2.96. The lowest BCUT2D eigenvalue weighted by molar-refractivity contribution is 0.530. The van der Waals surface area contributed by atoms with Crippen LogP contribution in [0.1, 0.15) is 29.3 Å². The predicted octanol–water partition coefficient (Wildman–Crippen LogP) is 2.38. The minimum atomic E-state index is -0.132. The van der Waals surface area contributed by atoms with Crippen LogP contribution in [-0.2, 0) is 19.9 Å². The van der Waals surface area contributed by atoms with Crippen LogP contribution in [0.5, 0.6) is 0 Å². The van der Waals surface area contributed by atoms with Crippen molar-refractivity contribution in [2.75, 3.05) is 6.54 Å². The van der Waals surface area contributed by atoms with Crippen molar-refractivity contribution in [1.82, 2.24) is 15.1 Å². The number of aryl methyl sites for hydroxylation is 2. The lowest BCUT2D eigenvalue weighted by Crippen LogP contribution is -2.22. The molecule has 0 saturated heterocycles. The molecule has 3 rings (SSSR count). The molecule has 0 bridgehead atoms. The number of aromatic nitrogens is 2. The molecule has 0 radical (unpaired) electrons. The smallest absolute Gasteiger partial charge is 0.123 e. The highest BCUT2D eigenvalue weighted by Gasteiger charge is 2.21. The summed E-state index contributed by atoms with van der Waals surface area (Å²) in [5.74, 6) is -0.132. The minimum absolute atomic E-state index is 0.132. The first-order chi connectivity index (χ1) is 9.22. The van der Waals surface area contributed by atoms with Gasteiger partial charge in [0.25, 0.3) is 0 Å². The van der Waals surface area contributed by atoms with Gasteiger partial charge in [-0.2, -0.15) is 5.10 Å². The van der Waals surface area contributed by atoms with Gasteiger partial charge in [0.05, 0.1) is 5.69 Å². The number of hydrogen-bond donors (Lipinski definition) is 1. The number of rotatable bonds is 4. The summed E-state index contributed by atoms with van der Waals surface area (Å²) in [5.41, 5.74) is 3.50. The second kappa shape index (κ2) is 5.13. The van der Waals surface area contributed by atoms with Crippen molar-refractivity contribution < 1.29 is 4.39 Å². The lowest BCUT2D eigenvalue weighted by atomic mass is 10.1. The number of nitrogens with zero attached hydrogens (tertiary/aromatic N) is 2. The molecular weight excluding hydrogens is 241 g/mol. The monoisotopic (exact) mass is 259 g/mol. The van der Waals surface area contributed by atoms with Crippen molar-refractivity contribution in [2.24, 2.45) is 7.05 Å². The summed E-state index contributed by atoms with van der Waals surface area (Å²) in [6.07, 6.45) is 4.91. The van der Waals surface area contributed by atoms with Gasteiger partial charge in [-0.05, 0) is 42.2 Å². The van der Waals surface area contributed by atoms with E-state index in [1.807, 2.05) is 30.1 Å². The molecule has 2 aromatic rings. The molecule has 0 saturated carbocycles. The Morgan fingerprint density at radius 2 is 2.32 bits per heavy atom. The van der Waals surface area contributed by atoms with Crippen LogP contribution in [0.4, 0.5) is 4.39 Å². The molecule has 1 heterocycles. The van der Waals surface area contributed by atoms with Crippen molar-refractivity contribution in [1.29, 1.82) is 0 Å². The maximum atomic E-state index is 13.1. The van der Waals surface area contributed by atoms with Crippen molar-refractivity contribution in [2.45, 2.75) is 25.3 Å². The zero-order valence-corrected chi connectivity index (χ0v) is 11.1. The summed E-state index contributed by atoms with van der Waals surface area (Å²) in [6, 6.07) is 7.53. The Kier molecular flexibility index (Phi) is 3.34. The van der Waals surface area contributed by atoms with E-state index in [2.05, 4.69) is 10.4 Å². The molecule has 1 aliphatic rings. The zero-order chi connectivity index (χ0) is 13.2. The van der Waals surface area contributed by atoms with Crippen molar-refractivity contribution in [3.8, 4) is 0 Å². The quantitative estimate of drug-likeness (QED) is 0.913. The third-order valence-electron chi connectivity index (χ3n) is 3.72. The van der Waals surface area contributed by atoms with Gasteiger partial charge in [0.2, 0.25) is 0 Å². The topological polar surface area (TPSA) is 29.9 Å². The van der Waals surface area contributed by atoms with E-state index in [1.165, 1.54) is 5.56 Å². The summed E-state index contributed by atoms with van der Waals surface area (Å²) < 4.78 is 15.0. The second-order valence-electron chi connectivity index (χ2n) is 5.12. The molecule has 1 aromatic carbocycles. The van der Waals surface area contributed by atoms with Crippen LogP contribution in [-0.4, -0.2) is 16.3 Å². The Labute approximate surface area is 112 Å². The van der Waals surface area contributed by atoms with Crippen molar-refractivity contribution in [3.05, 3.63) is 53.1 Å². The highest BCUT2D eigenvalue weighted by atomic mass is 19.1. The van der Waals surface area contributed by atoms with Crippen LogP contribution in [0.25, 0.3) is 0 Å². The molecule has 1 aliphatic carbocycles. The van der Waals surface area contributed by atoms with E-state index in [1.54, 1.807) is 12.1 Å². The van der Waals surface area contributed by atoms with Gasteiger partial charge in [-0.3, -0.25) is 4.68 Å². The highest BCUT2D eigenvalue weighted by molar-refractivity contribution is 5.34. The highest BCUT2D eigenvalue weighted by Crippen LogP contribution is 2.31. The zero-order valence-electron chi connectivity index (χ0n) is 11.1. The van der Waals surface area contributed by atoms with Gasteiger partial charge in [0.15, 0.2) is 0 Å². The van der Waals surface area contributed by atoms with Gasteiger partial charge < -0.3 is 5.32 Å². The maximum Gasteiger partial charge on any atom is 0.123 e. The predicted molar refractivity (Wildman–Crippen MR) is 72.4 cm³/mol. The molecule has 0 spiro atoms. The number of hydrogen-bond acceptors (Lipinski definition) is 2. The standard InChI is InChI=1S/C15H18FN3/c1-19-9-7-13(18-19)6-8-17-15-5-2-11-10-12(16)3-4-14(11)15/h3-4,7,9-10,15,17H,2,5-6,8H2,1H3. The van der Waals surface area contributed by atoms with Gasteiger partial charge in [-0.25, -0.2) is 4.39 Å². The molecule has 0 aliphatic heterocycles. The maximum absolute atomic E-state index is 13.1. The van der Waals surface area contributed by atoms with Crippen LogP contribution in [0.3, 0.4) is 0 Å². The van der Waals surface area contributed by atoms with Gasteiger partial charge in [0, 0.05) is 32.3 Å². The van der Waals surface area contributed by atoms with E-state index in [-0.39, 0.29) is 5.82 Å². The summed E-state index contributed by atoms with van der Waals surface area (Å²) in [6.45, 7) is 0.901. The fourth-order valence-corrected chi connectivity index (χ4v) is 2.77. The van der Waals surface area contributed by atoms with E-state index < -0.39 is 0 Å². The molecule has 0 amide bonds. The largest absolute Gasteiger partial charge is 0.310 e. The Bertz CT molecular complexity index is 577. The average molecular weight is 259 g/mol. The first kappa shape index (κ1) is 12.4. The summed E-state index contributed by atoms with van der Waals surface area (Å²) in [7, 11) is 1.93. The second-order valence-corrected chi connectivity index (χ2v) is 5.12. The Morgan fingerprint density at radius 3 is 3.11 bits per heavy atom. The van der Waals surface area contributed by atoms with Crippen LogP contribution in [0.15, 0.2) is 30.5 Å². The van der Waals surface area contributed by atoms with Gasteiger partial charge in [0.1, 0.15) is 5.82 Å². The first-order valence-corrected chi connectivity index (χ1v) is 6.72. The molecule has 100 valence electrons. The summed E-state index contributed by atoms with van der Waals surface area (Å²) >= 11 is 0. The van der Waals surface area contributed by atoms with Gasteiger partial charge in [-0.15, -0.1) is 0 Å². The summed E-state index contributed by atoms with van der Waals surface area (Å²) in [5, 5.41) is 7.90. The number of benzene rings is 1. The molecule has 0 fully saturated rings. The molecule has 1 unspecified atom stereocenters. The number of fused-ring (bicyclic) bond motifs is 1. The Balaban J connectivity index is 1.58. The molecule has 3 nitrogen and oxygen atoms in total. The molecule has 1 aromatic heterocycles. The normalized spacial score (nSPS) is 17.7. The van der Waals surface area contributed by atoms with Gasteiger partial charge >= 0.3 is 0 Å². The van der Waals surface area contributed by atoms with Crippen molar-refractivity contribution in [3.63, 3.8) is 0 Å². The lowest BCUT2D eigenvalue weighted by Gasteiger charge is -2.13. The number of nitrogens with one attached hydrogen (secondary N) is 1. The Morgan fingerprint density at radius 1 is 1.42 bits per heavy atom. The van der Waals surface area contributed by atoms with Crippen molar-refractivity contribution >= 4 is 0 Å². The van der Waals surface area contributed by atoms with E-state index >= 15 is 0 Å². The fraction of sp³-hybridized carbons (Fsp3) is 0.400.